The number of hydrogen-bond donors (Lipinski definition) is 1. The van der Waals surface area contributed by atoms with E-state index >= 15 is 0 Å². The van der Waals surface area contributed by atoms with E-state index in [1.807, 2.05) is 80.3 Å². The van der Waals surface area contributed by atoms with E-state index in [2.05, 4.69) is 19.1 Å². The van der Waals surface area contributed by atoms with Gasteiger partial charge in [-0.2, -0.15) is 0 Å². The van der Waals surface area contributed by atoms with Gasteiger partial charge >= 0.3 is 6.03 Å². The van der Waals surface area contributed by atoms with Crippen LogP contribution in [0.25, 0.3) is 11.3 Å². The van der Waals surface area contributed by atoms with Crippen LogP contribution < -0.4 is 10.5 Å². The van der Waals surface area contributed by atoms with Crippen molar-refractivity contribution in [2.24, 2.45) is 5.73 Å². The van der Waals surface area contributed by atoms with Gasteiger partial charge in [-0.3, -0.25) is 14.2 Å². The summed E-state index contributed by atoms with van der Waals surface area (Å²) in [6, 6.07) is 20.7. The first-order chi connectivity index (χ1) is 20.6. The van der Waals surface area contributed by atoms with Gasteiger partial charge in [0, 0.05) is 42.5 Å². The highest BCUT2D eigenvalue weighted by Gasteiger charge is 2.33. The van der Waals surface area contributed by atoms with Crippen LogP contribution >= 0.6 is 0 Å². The molecule has 0 saturated heterocycles. The maximum absolute atomic E-state index is 14.5. The summed E-state index contributed by atoms with van der Waals surface area (Å²) in [5.41, 5.74) is 14.5. The Morgan fingerprint density at radius 3 is 2.19 bits per heavy atom. The van der Waals surface area contributed by atoms with E-state index < -0.39 is 6.03 Å². The van der Waals surface area contributed by atoms with Crippen LogP contribution in [0, 0.1) is 20.8 Å². The number of rotatable bonds is 5. The lowest BCUT2D eigenvalue weighted by molar-refractivity contribution is -0.134. The number of amides is 3. The number of hydrogen-bond acceptors (Lipinski definition) is 4. The number of carbonyl (C=O) groups is 3. The molecule has 6 rings (SSSR count). The summed E-state index contributed by atoms with van der Waals surface area (Å²) < 4.78 is 7.22. The summed E-state index contributed by atoms with van der Waals surface area (Å²) in [7, 11) is 0. The number of primary amides is 1. The van der Waals surface area contributed by atoms with Crippen molar-refractivity contribution in [3.8, 4) is 17.0 Å². The highest BCUT2D eigenvalue weighted by molar-refractivity contribution is 6.03. The van der Waals surface area contributed by atoms with Crippen LogP contribution in [0.1, 0.15) is 56.4 Å². The third-order valence-corrected chi connectivity index (χ3v) is 9.01. The fourth-order valence-corrected chi connectivity index (χ4v) is 6.41. The van der Waals surface area contributed by atoms with E-state index in [1.54, 1.807) is 4.90 Å². The predicted molar refractivity (Wildman–Crippen MR) is 165 cm³/mol. The molecule has 0 bridgehead atoms. The van der Waals surface area contributed by atoms with Crippen LogP contribution in [-0.2, 0) is 30.8 Å². The van der Waals surface area contributed by atoms with Gasteiger partial charge in [-0.15, -0.1) is 0 Å². The number of fused-ring (bicyclic) bond motifs is 2. The van der Waals surface area contributed by atoms with Gasteiger partial charge in [-0.1, -0.05) is 42.5 Å². The van der Waals surface area contributed by atoms with Crippen molar-refractivity contribution in [1.82, 2.24) is 14.4 Å². The number of carbonyl (C=O) groups excluding carboxylic acids is 3. The summed E-state index contributed by atoms with van der Waals surface area (Å²) in [6.45, 7) is 9.02. The monoisotopic (exact) mass is 576 g/mol. The van der Waals surface area contributed by atoms with E-state index in [0.29, 0.717) is 42.2 Å². The topological polar surface area (TPSA) is 97.9 Å². The van der Waals surface area contributed by atoms with Gasteiger partial charge in [0.1, 0.15) is 5.75 Å². The summed E-state index contributed by atoms with van der Waals surface area (Å²) in [4.78, 5) is 44.0. The summed E-state index contributed by atoms with van der Waals surface area (Å²) in [5.74, 6) is 0.386. The SMILES string of the molecule is Cc1c(C)c(-c2cc3c(cc2C(=O)N2Cc4ccccc4C[C@H]2C)CN(C(=O)COc2ccccc2)C3)n(C(N)=O)c1C. The molecule has 0 saturated carbocycles. The molecular weight excluding hydrogens is 540 g/mol. The van der Waals surface area contributed by atoms with Crippen molar-refractivity contribution in [3.63, 3.8) is 0 Å². The van der Waals surface area contributed by atoms with Crippen molar-refractivity contribution in [1.29, 1.82) is 0 Å². The molecule has 3 aromatic carbocycles. The fourth-order valence-electron chi connectivity index (χ4n) is 6.41. The Morgan fingerprint density at radius 1 is 0.837 bits per heavy atom. The lowest BCUT2D eigenvalue weighted by Crippen LogP contribution is -2.42. The molecule has 0 unspecified atom stereocenters. The van der Waals surface area contributed by atoms with Crippen molar-refractivity contribution in [2.75, 3.05) is 6.61 Å². The molecule has 0 radical (unpaired) electrons. The van der Waals surface area contributed by atoms with E-state index in [0.717, 1.165) is 39.9 Å². The largest absolute Gasteiger partial charge is 0.484 e. The second kappa shape index (κ2) is 11.1. The van der Waals surface area contributed by atoms with Crippen LogP contribution in [0.15, 0.2) is 66.7 Å². The molecule has 1 aromatic heterocycles. The van der Waals surface area contributed by atoms with Gasteiger partial charge in [0.05, 0.1) is 5.69 Å². The van der Waals surface area contributed by atoms with Crippen molar-refractivity contribution < 1.29 is 19.1 Å². The second-order valence-corrected chi connectivity index (χ2v) is 11.6. The predicted octanol–water partition coefficient (Wildman–Crippen LogP) is 5.52. The molecule has 3 amide bonds. The molecule has 3 heterocycles. The summed E-state index contributed by atoms with van der Waals surface area (Å²) in [5, 5.41) is 0. The van der Waals surface area contributed by atoms with Gasteiger partial charge in [0.2, 0.25) is 0 Å². The lowest BCUT2D eigenvalue weighted by Gasteiger charge is -2.35. The minimum atomic E-state index is -0.599. The van der Waals surface area contributed by atoms with Gasteiger partial charge in [-0.05, 0) is 91.8 Å². The number of nitrogens with two attached hydrogens (primary N) is 1. The number of aromatic nitrogens is 1. The van der Waals surface area contributed by atoms with Crippen LogP contribution in [0.2, 0.25) is 0 Å². The van der Waals surface area contributed by atoms with Crippen LogP contribution in [0.4, 0.5) is 4.79 Å². The van der Waals surface area contributed by atoms with Crippen molar-refractivity contribution >= 4 is 17.8 Å². The highest BCUT2D eigenvalue weighted by atomic mass is 16.5. The average molecular weight is 577 g/mol. The lowest BCUT2D eigenvalue weighted by atomic mass is 9.91. The Bertz CT molecular complexity index is 1760. The van der Waals surface area contributed by atoms with Gasteiger partial charge in [0.25, 0.3) is 11.8 Å². The van der Waals surface area contributed by atoms with Gasteiger partial charge in [-0.25, -0.2) is 4.79 Å². The van der Waals surface area contributed by atoms with Crippen LogP contribution in [0.5, 0.6) is 5.75 Å². The molecule has 2 aliphatic heterocycles. The quantitative estimate of drug-likeness (QED) is 0.339. The Hall–Kier alpha value is -4.85. The molecule has 8 heteroatoms. The Morgan fingerprint density at radius 2 is 1.49 bits per heavy atom. The molecule has 8 nitrogen and oxygen atoms in total. The molecule has 43 heavy (non-hydrogen) atoms. The Labute approximate surface area is 251 Å². The van der Waals surface area contributed by atoms with Gasteiger partial charge < -0.3 is 20.3 Å². The number of para-hydroxylation sites is 1. The normalized spacial score (nSPS) is 15.7. The van der Waals surface area contributed by atoms with Crippen LogP contribution in [-0.4, -0.2) is 44.9 Å². The van der Waals surface area contributed by atoms with Crippen molar-refractivity contribution in [3.05, 3.63) is 111 Å². The first-order valence-corrected chi connectivity index (χ1v) is 14.6. The van der Waals surface area contributed by atoms with E-state index in [4.69, 9.17) is 10.5 Å². The molecule has 220 valence electrons. The zero-order valence-electron chi connectivity index (χ0n) is 25.0. The Balaban J connectivity index is 1.40. The molecule has 4 aromatic rings. The zero-order valence-corrected chi connectivity index (χ0v) is 25.0. The third kappa shape index (κ3) is 5.07. The minimum absolute atomic E-state index is 0.00999. The molecule has 0 aliphatic carbocycles. The average Bonchev–Trinajstić information content (AvgIpc) is 3.53. The number of nitrogens with zero attached hydrogens (tertiary/aromatic N) is 3. The molecule has 2 N–H and O–H groups in total. The molecular formula is C35H36N4O4. The molecule has 0 fully saturated rings. The molecule has 0 spiro atoms. The fraction of sp³-hybridized carbons (Fsp3) is 0.286. The summed E-state index contributed by atoms with van der Waals surface area (Å²) in [6.07, 6.45) is 0.765. The van der Waals surface area contributed by atoms with E-state index in [9.17, 15) is 14.4 Å². The molecule has 1 atom stereocenters. The van der Waals surface area contributed by atoms with E-state index in [1.165, 1.54) is 10.1 Å². The second-order valence-electron chi connectivity index (χ2n) is 11.6. The Kier molecular flexibility index (Phi) is 7.30. The van der Waals surface area contributed by atoms with Gasteiger partial charge in [0.15, 0.2) is 6.61 Å². The standard InChI is InChI=1S/C35H36N4O4/c1-21-14-25-10-8-9-11-26(25)19-38(21)34(41)31-16-28-18-37(32(40)20-43-29-12-6-5-7-13-29)17-27(28)15-30(31)33-23(3)22(2)24(4)39(33)35(36)42/h5-13,15-16,21H,14,17-20H2,1-4H3,(H2,36,42)/t21-/m1/s1. The number of ether oxygens (including phenoxy) is 1. The van der Waals surface area contributed by atoms with E-state index in [-0.39, 0.29) is 24.5 Å². The first-order valence-electron chi connectivity index (χ1n) is 14.6. The minimum Gasteiger partial charge on any atom is -0.484 e. The number of benzene rings is 3. The van der Waals surface area contributed by atoms with Crippen LogP contribution in [0.3, 0.4) is 0 Å². The first kappa shape index (κ1) is 28.3. The zero-order chi connectivity index (χ0) is 30.4. The third-order valence-electron chi connectivity index (χ3n) is 9.01. The highest BCUT2D eigenvalue weighted by Crippen LogP contribution is 2.38. The smallest absolute Gasteiger partial charge is 0.323 e. The summed E-state index contributed by atoms with van der Waals surface area (Å²) >= 11 is 0. The maximum atomic E-state index is 14.5. The maximum Gasteiger partial charge on any atom is 0.323 e. The van der Waals surface area contributed by atoms with Crippen molar-refractivity contribution in [2.45, 2.75) is 59.8 Å². The molecule has 2 aliphatic rings.